The SMILES string of the molecule is CCc1ccc2c(c1)[C@@](O)(CC(=O)c1c(C)coc1C)C(=O)N2. The Kier molecular flexibility index (Phi) is 3.60. The number of amides is 1. The molecule has 2 heterocycles. The molecule has 120 valence electrons. The lowest BCUT2D eigenvalue weighted by Crippen LogP contribution is -2.36. The molecule has 2 N–H and O–H groups in total. The van der Waals surface area contributed by atoms with Crippen molar-refractivity contribution in [2.24, 2.45) is 0 Å². The number of anilines is 1. The van der Waals surface area contributed by atoms with Crippen LogP contribution in [0.3, 0.4) is 0 Å². The van der Waals surface area contributed by atoms with E-state index in [9.17, 15) is 14.7 Å². The molecule has 3 rings (SSSR count). The molecule has 0 saturated heterocycles. The molecule has 0 radical (unpaired) electrons. The average Bonchev–Trinajstić information content (AvgIpc) is 2.97. The first-order chi connectivity index (χ1) is 10.9. The Bertz CT molecular complexity index is 786. The van der Waals surface area contributed by atoms with Gasteiger partial charge >= 0.3 is 0 Å². The predicted molar refractivity (Wildman–Crippen MR) is 85.5 cm³/mol. The zero-order chi connectivity index (χ0) is 16.8. The summed E-state index contributed by atoms with van der Waals surface area (Å²) in [5.74, 6) is -0.369. The largest absolute Gasteiger partial charge is 0.469 e. The van der Waals surface area contributed by atoms with E-state index in [1.807, 2.05) is 13.0 Å². The van der Waals surface area contributed by atoms with Crippen LogP contribution in [-0.4, -0.2) is 16.8 Å². The molecule has 0 saturated carbocycles. The summed E-state index contributed by atoms with van der Waals surface area (Å²) in [7, 11) is 0. The third-order valence-electron chi connectivity index (χ3n) is 4.42. The molecule has 1 amide bonds. The standard InChI is InChI=1S/C18H19NO4/c1-4-12-5-6-14-13(7-12)18(22,17(21)19-14)8-15(20)16-10(2)9-23-11(16)3/h5-7,9,22H,4,8H2,1-3H3,(H,19,21)/t18-/m0/s1. The first kappa shape index (κ1) is 15.5. The van der Waals surface area contributed by atoms with Crippen molar-refractivity contribution in [3.63, 3.8) is 0 Å². The Balaban J connectivity index is 2.00. The molecular formula is C18H19NO4. The van der Waals surface area contributed by atoms with Gasteiger partial charge in [0.2, 0.25) is 0 Å². The minimum atomic E-state index is -1.84. The van der Waals surface area contributed by atoms with E-state index >= 15 is 0 Å². The van der Waals surface area contributed by atoms with Gasteiger partial charge in [0.1, 0.15) is 5.76 Å². The first-order valence-corrected chi connectivity index (χ1v) is 7.62. The lowest BCUT2D eigenvalue weighted by atomic mass is 9.86. The van der Waals surface area contributed by atoms with Crippen molar-refractivity contribution in [2.75, 3.05) is 5.32 Å². The second kappa shape index (κ2) is 5.35. The van der Waals surface area contributed by atoms with Crippen LogP contribution in [0.4, 0.5) is 5.69 Å². The highest BCUT2D eigenvalue weighted by Crippen LogP contribution is 2.40. The number of furan rings is 1. The summed E-state index contributed by atoms with van der Waals surface area (Å²) in [6.45, 7) is 5.46. The summed E-state index contributed by atoms with van der Waals surface area (Å²) < 4.78 is 5.24. The number of carbonyl (C=O) groups is 2. The van der Waals surface area contributed by atoms with Crippen LogP contribution < -0.4 is 5.32 Å². The quantitative estimate of drug-likeness (QED) is 0.851. The zero-order valence-corrected chi connectivity index (χ0v) is 13.4. The van der Waals surface area contributed by atoms with Gasteiger partial charge in [-0.1, -0.05) is 19.1 Å². The van der Waals surface area contributed by atoms with E-state index in [1.54, 1.807) is 26.0 Å². The Labute approximate surface area is 134 Å². The second-order valence-corrected chi connectivity index (χ2v) is 6.00. The van der Waals surface area contributed by atoms with E-state index in [1.165, 1.54) is 6.26 Å². The van der Waals surface area contributed by atoms with Crippen molar-refractivity contribution < 1.29 is 19.1 Å². The topological polar surface area (TPSA) is 79.5 Å². The van der Waals surface area contributed by atoms with Gasteiger partial charge in [-0.2, -0.15) is 0 Å². The number of aliphatic hydroxyl groups is 1. The van der Waals surface area contributed by atoms with Crippen molar-refractivity contribution in [1.82, 2.24) is 0 Å². The number of aryl methyl sites for hydroxylation is 3. The van der Waals surface area contributed by atoms with Crippen molar-refractivity contribution in [1.29, 1.82) is 0 Å². The molecule has 1 aliphatic rings. The molecule has 0 fully saturated rings. The van der Waals surface area contributed by atoms with Crippen molar-refractivity contribution in [2.45, 2.75) is 39.2 Å². The van der Waals surface area contributed by atoms with Gasteiger partial charge in [0.25, 0.3) is 5.91 Å². The maximum atomic E-state index is 12.6. The van der Waals surface area contributed by atoms with E-state index in [0.29, 0.717) is 28.1 Å². The summed E-state index contributed by atoms with van der Waals surface area (Å²) in [5, 5.41) is 13.6. The monoisotopic (exact) mass is 313 g/mol. The maximum Gasteiger partial charge on any atom is 0.261 e. The minimum Gasteiger partial charge on any atom is -0.469 e. The Morgan fingerprint density at radius 3 is 2.70 bits per heavy atom. The Hall–Kier alpha value is -2.40. The molecule has 0 bridgehead atoms. The Morgan fingerprint density at radius 2 is 2.09 bits per heavy atom. The fraction of sp³-hybridized carbons (Fsp3) is 0.333. The van der Waals surface area contributed by atoms with Gasteiger partial charge in [0, 0.05) is 11.3 Å². The van der Waals surface area contributed by atoms with Gasteiger partial charge in [0.15, 0.2) is 11.4 Å². The molecule has 5 nitrogen and oxygen atoms in total. The van der Waals surface area contributed by atoms with Gasteiger partial charge in [-0.3, -0.25) is 9.59 Å². The number of hydrogen-bond donors (Lipinski definition) is 2. The number of fused-ring (bicyclic) bond motifs is 1. The number of benzene rings is 1. The van der Waals surface area contributed by atoms with Crippen molar-refractivity contribution in [3.05, 3.63) is 52.5 Å². The number of carbonyl (C=O) groups excluding carboxylic acids is 2. The first-order valence-electron chi connectivity index (χ1n) is 7.62. The number of ketones is 1. The minimum absolute atomic E-state index is 0.304. The molecule has 1 aromatic heterocycles. The van der Waals surface area contributed by atoms with Crippen LogP contribution >= 0.6 is 0 Å². The second-order valence-electron chi connectivity index (χ2n) is 6.00. The van der Waals surface area contributed by atoms with Crippen LogP contribution in [0.5, 0.6) is 0 Å². The summed E-state index contributed by atoms with van der Waals surface area (Å²) >= 11 is 0. The molecule has 0 spiro atoms. The molecule has 23 heavy (non-hydrogen) atoms. The van der Waals surface area contributed by atoms with Gasteiger partial charge in [-0.05, 0) is 37.5 Å². The fourth-order valence-electron chi connectivity index (χ4n) is 3.10. The summed E-state index contributed by atoms with van der Waals surface area (Å²) in [6.07, 6.45) is 1.98. The van der Waals surface area contributed by atoms with E-state index in [2.05, 4.69) is 5.32 Å². The van der Waals surface area contributed by atoms with Crippen LogP contribution in [0.25, 0.3) is 0 Å². The number of nitrogens with one attached hydrogen (secondary N) is 1. The smallest absolute Gasteiger partial charge is 0.261 e. The molecule has 0 aliphatic carbocycles. The zero-order valence-electron chi connectivity index (χ0n) is 13.4. The number of hydrogen-bond acceptors (Lipinski definition) is 4. The van der Waals surface area contributed by atoms with Crippen molar-refractivity contribution >= 4 is 17.4 Å². The summed E-state index contributed by atoms with van der Waals surface area (Å²) in [5.41, 5.74) is 1.33. The lowest BCUT2D eigenvalue weighted by Gasteiger charge is -2.20. The maximum absolute atomic E-state index is 12.6. The molecule has 5 heteroatoms. The van der Waals surface area contributed by atoms with Crippen LogP contribution in [0.2, 0.25) is 0 Å². The number of rotatable bonds is 4. The van der Waals surface area contributed by atoms with Gasteiger partial charge in [-0.25, -0.2) is 0 Å². The fourth-order valence-corrected chi connectivity index (χ4v) is 3.10. The van der Waals surface area contributed by atoms with Crippen LogP contribution in [0.15, 0.2) is 28.9 Å². The highest BCUT2D eigenvalue weighted by atomic mass is 16.3. The molecule has 2 aromatic rings. The van der Waals surface area contributed by atoms with Gasteiger partial charge in [0.05, 0.1) is 18.2 Å². The molecule has 0 unspecified atom stereocenters. The van der Waals surface area contributed by atoms with E-state index in [-0.39, 0.29) is 12.2 Å². The highest BCUT2D eigenvalue weighted by molar-refractivity contribution is 6.09. The van der Waals surface area contributed by atoms with Gasteiger partial charge < -0.3 is 14.8 Å². The van der Waals surface area contributed by atoms with E-state index in [4.69, 9.17) is 4.42 Å². The molecule has 1 atom stereocenters. The Morgan fingerprint density at radius 1 is 1.35 bits per heavy atom. The summed E-state index contributed by atoms with van der Waals surface area (Å²) in [6, 6.07) is 5.45. The van der Waals surface area contributed by atoms with Crippen molar-refractivity contribution in [3.8, 4) is 0 Å². The van der Waals surface area contributed by atoms with E-state index in [0.717, 1.165) is 12.0 Å². The predicted octanol–water partition coefficient (Wildman–Crippen LogP) is 2.87. The molecule has 1 aliphatic heterocycles. The molecule has 1 aromatic carbocycles. The average molecular weight is 313 g/mol. The summed E-state index contributed by atoms with van der Waals surface area (Å²) in [4.78, 5) is 24.9. The van der Waals surface area contributed by atoms with E-state index < -0.39 is 11.5 Å². The third-order valence-corrected chi connectivity index (χ3v) is 4.42. The van der Waals surface area contributed by atoms with Gasteiger partial charge in [-0.15, -0.1) is 0 Å². The third kappa shape index (κ3) is 2.37. The lowest BCUT2D eigenvalue weighted by molar-refractivity contribution is -0.133. The van der Waals surface area contributed by atoms with Crippen LogP contribution in [-0.2, 0) is 16.8 Å². The van der Waals surface area contributed by atoms with Crippen LogP contribution in [0.1, 0.15) is 46.2 Å². The number of Topliss-reactive ketones (excluding diaryl/α,β-unsaturated/α-hetero) is 1. The highest BCUT2D eigenvalue weighted by Gasteiger charge is 2.47. The van der Waals surface area contributed by atoms with Crippen LogP contribution in [0, 0.1) is 13.8 Å². The molecular weight excluding hydrogens is 294 g/mol. The normalized spacial score (nSPS) is 19.6.